The number of hydrogen-bond acceptors (Lipinski definition) is 6. The van der Waals surface area contributed by atoms with E-state index in [0.717, 1.165) is 0 Å². The van der Waals surface area contributed by atoms with Gasteiger partial charge in [-0.1, -0.05) is 29.8 Å². The first kappa shape index (κ1) is 22.4. The summed E-state index contributed by atoms with van der Waals surface area (Å²) in [5.74, 6) is -1.20. The standard InChI is InChI=1S/C21H22ClNO6S/c1-14-11-23(12-15(2)29-14)30(26,27)19-8-4-6-17(10-19)21(25)28-13-20(24)16-5-3-7-18(22)9-16/h3-10,14-15H,11-13H2,1-2H3. The first-order valence-corrected chi connectivity index (χ1v) is 11.2. The van der Waals surface area contributed by atoms with E-state index in [1.54, 1.807) is 18.2 Å². The van der Waals surface area contributed by atoms with Crippen LogP contribution in [-0.2, 0) is 19.5 Å². The Balaban J connectivity index is 1.71. The van der Waals surface area contributed by atoms with E-state index >= 15 is 0 Å². The van der Waals surface area contributed by atoms with Crippen LogP contribution in [0.15, 0.2) is 53.4 Å². The summed E-state index contributed by atoms with van der Waals surface area (Å²) in [6, 6.07) is 11.9. The van der Waals surface area contributed by atoms with Gasteiger partial charge < -0.3 is 9.47 Å². The molecule has 0 spiro atoms. The summed E-state index contributed by atoms with van der Waals surface area (Å²) < 4.78 is 38.0. The molecule has 2 aromatic carbocycles. The van der Waals surface area contributed by atoms with Gasteiger partial charge >= 0.3 is 5.97 Å². The molecular weight excluding hydrogens is 430 g/mol. The fraction of sp³-hybridized carbons (Fsp3) is 0.333. The van der Waals surface area contributed by atoms with Crippen LogP contribution in [0.4, 0.5) is 0 Å². The van der Waals surface area contributed by atoms with Crippen molar-refractivity contribution in [3.05, 3.63) is 64.7 Å². The lowest BCUT2D eigenvalue weighted by molar-refractivity contribution is -0.0440. The number of morpholine rings is 1. The van der Waals surface area contributed by atoms with Crippen LogP contribution in [0.2, 0.25) is 5.02 Å². The average molecular weight is 452 g/mol. The van der Waals surface area contributed by atoms with Gasteiger partial charge in [0, 0.05) is 23.7 Å². The van der Waals surface area contributed by atoms with E-state index < -0.39 is 28.4 Å². The van der Waals surface area contributed by atoms with E-state index in [9.17, 15) is 18.0 Å². The van der Waals surface area contributed by atoms with Crippen LogP contribution in [0.5, 0.6) is 0 Å². The minimum atomic E-state index is -3.80. The van der Waals surface area contributed by atoms with Crippen molar-refractivity contribution >= 4 is 33.4 Å². The normalized spacial score (nSPS) is 20.0. The van der Waals surface area contributed by atoms with Crippen LogP contribution in [-0.4, -0.2) is 56.4 Å². The Morgan fingerprint density at radius 2 is 1.70 bits per heavy atom. The molecule has 2 unspecified atom stereocenters. The third-order valence-electron chi connectivity index (χ3n) is 4.57. The molecule has 160 valence electrons. The van der Waals surface area contributed by atoms with Crippen molar-refractivity contribution in [2.24, 2.45) is 0 Å². The van der Waals surface area contributed by atoms with Crippen LogP contribution in [0.1, 0.15) is 34.6 Å². The number of esters is 1. The Bertz CT molecular complexity index is 1040. The van der Waals surface area contributed by atoms with Crippen LogP contribution >= 0.6 is 11.6 Å². The number of hydrogen-bond donors (Lipinski definition) is 0. The van der Waals surface area contributed by atoms with Gasteiger partial charge in [0.1, 0.15) is 0 Å². The summed E-state index contributed by atoms with van der Waals surface area (Å²) in [4.78, 5) is 24.5. The molecule has 2 aromatic rings. The molecule has 1 aliphatic heterocycles. The number of nitrogens with zero attached hydrogens (tertiary/aromatic N) is 1. The second-order valence-electron chi connectivity index (χ2n) is 7.12. The van der Waals surface area contributed by atoms with Crippen LogP contribution in [0.3, 0.4) is 0 Å². The quantitative estimate of drug-likeness (QED) is 0.495. The van der Waals surface area contributed by atoms with Gasteiger partial charge in [0.15, 0.2) is 12.4 Å². The fourth-order valence-electron chi connectivity index (χ4n) is 3.22. The van der Waals surface area contributed by atoms with Crippen LogP contribution < -0.4 is 0 Å². The Morgan fingerprint density at radius 3 is 2.37 bits per heavy atom. The number of Topliss-reactive ketones (excluding diaryl/α,β-unsaturated/α-hetero) is 1. The van der Waals surface area contributed by atoms with Gasteiger partial charge in [-0.3, -0.25) is 4.79 Å². The van der Waals surface area contributed by atoms with Crippen molar-refractivity contribution in [2.75, 3.05) is 19.7 Å². The lowest BCUT2D eigenvalue weighted by Gasteiger charge is -2.34. The lowest BCUT2D eigenvalue weighted by Crippen LogP contribution is -2.48. The summed E-state index contributed by atoms with van der Waals surface area (Å²) in [7, 11) is -3.80. The highest BCUT2D eigenvalue weighted by Gasteiger charge is 2.32. The average Bonchev–Trinajstić information content (AvgIpc) is 2.71. The zero-order valence-corrected chi connectivity index (χ0v) is 18.2. The number of carbonyl (C=O) groups is 2. The van der Waals surface area contributed by atoms with E-state index in [1.165, 1.54) is 34.6 Å². The SMILES string of the molecule is CC1CN(S(=O)(=O)c2cccc(C(=O)OCC(=O)c3cccc(Cl)c3)c2)CC(C)O1. The highest BCUT2D eigenvalue weighted by atomic mass is 35.5. The first-order valence-electron chi connectivity index (χ1n) is 9.38. The Kier molecular flexibility index (Phi) is 6.92. The summed E-state index contributed by atoms with van der Waals surface area (Å²) in [6.45, 7) is 3.60. The van der Waals surface area contributed by atoms with E-state index in [1.807, 2.05) is 13.8 Å². The molecule has 0 aliphatic carbocycles. The molecule has 1 fully saturated rings. The number of benzene rings is 2. The van der Waals surface area contributed by atoms with E-state index in [2.05, 4.69) is 0 Å². The van der Waals surface area contributed by atoms with Crippen molar-refractivity contribution in [2.45, 2.75) is 31.0 Å². The maximum atomic E-state index is 13.0. The van der Waals surface area contributed by atoms with Gasteiger partial charge in [-0.25, -0.2) is 13.2 Å². The number of halogens is 1. The molecule has 1 heterocycles. The molecule has 0 aromatic heterocycles. The largest absolute Gasteiger partial charge is 0.454 e. The number of rotatable bonds is 6. The van der Waals surface area contributed by atoms with Gasteiger partial charge in [-0.2, -0.15) is 4.31 Å². The summed E-state index contributed by atoms with van der Waals surface area (Å²) in [5, 5.41) is 0.400. The molecule has 0 bridgehead atoms. The molecule has 9 heteroatoms. The van der Waals surface area contributed by atoms with Crippen molar-refractivity contribution in [3.63, 3.8) is 0 Å². The zero-order chi connectivity index (χ0) is 21.9. The Morgan fingerprint density at radius 1 is 1.07 bits per heavy atom. The van der Waals surface area contributed by atoms with Crippen LogP contribution in [0.25, 0.3) is 0 Å². The highest BCUT2D eigenvalue weighted by Crippen LogP contribution is 2.22. The molecular formula is C21H22ClNO6S. The molecule has 2 atom stereocenters. The predicted octanol–water partition coefficient (Wildman–Crippen LogP) is 3.18. The Labute approximate surface area is 180 Å². The highest BCUT2D eigenvalue weighted by molar-refractivity contribution is 7.89. The minimum absolute atomic E-state index is 0.0144. The molecule has 30 heavy (non-hydrogen) atoms. The van der Waals surface area contributed by atoms with Crippen LogP contribution in [0, 0.1) is 0 Å². The number of sulfonamides is 1. The second-order valence-corrected chi connectivity index (χ2v) is 9.49. The topological polar surface area (TPSA) is 90.0 Å². The van der Waals surface area contributed by atoms with Crippen molar-refractivity contribution in [1.82, 2.24) is 4.31 Å². The molecule has 0 N–H and O–H groups in total. The van der Waals surface area contributed by atoms with Gasteiger partial charge in [-0.05, 0) is 44.2 Å². The summed E-state index contributed by atoms with van der Waals surface area (Å²) in [6.07, 6.45) is -0.455. The number of ketones is 1. The summed E-state index contributed by atoms with van der Waals surface area (Å²) >= 11 is 5.86. The van der Waals surface area contributed by atoms with Gasteiger partial charge in [0.2, 0.25) is 10.0 Å². The van der Waals surface area contributed by atoms with E-state index in [4.69, 9.17) is 21.1 Å². The third kappa shape index (κ3) is 5.26. The third-order valence-corrected chi connectivity index (χ3v) is 6.64. The zero-order valence-electron chi connectivity index (χ0n) is 16.6. The number of ether oxygens (including phenoxy) is 2. The smallest absolute Gasteiger partial charge is 0.338 e. The Hall–Kier alpha value is -2.26. The molecule has 0 radical (unpaired) electrons. The molecule has 0 saturated carbocycles. The van der Waals surface area contributed by atoms with E-state index in [-0.39, 0.29) is 35.8 Å². The molecule has 7 nitrogen and oxygen atoms in total. The summed E-state index contributed by atoms with van der Waals surface area (Å²) in [5.41, 5.74) is 0.367. The fourth-order valence-corrected chi connectivity index (χ4v) is 5.05. The molecule has 1 aliphatic rings. The van der Waals surface area contributed by atoms with Gasteiger partial charge in [0.05, 0.1) is 22.7 Å². The van der Waals surface area contributed by atoms with E-state index in [0.29, 0.717) is 10.6 Å². The second kappa shape index (κ2) is 9.26. The molecule has 3 rings (SSSR count). The minimum Gasteiger partial charge on any atom is -0.454 e. The van der Waals surface area contributed by atoms with Crippen molar-refractivity contribution < 1.29 is 27.5 Å². The molecule has 0 amide bonds. The van der Waals surface area contributed by atoms with Crippen molar-refractivity contribution in [3.8, 4) is 0 Å². The monoisotopic (exact) mass is 451 g/mol. The lowest BCUT2D eigenvalue weighted by atomic mass is 10.1. The predicted molar refractivity (Wildman–Crippen MR) is 111 cm³/mol. The maximum absolute atomic E-state index is 13.0. The van der Waals surface area contributed by atoms with Crippen molar-refractivity contribution in [1.29, 1.82) is 0 Å². The molecule has 1 saturated heterocycles. The van der Waals surface area contributed by atoms with Gasteiger partial charge in [-0.15, -0.1) is 0 Å². The number of carbonyl (C=O) groups excluding carboxylic acids is 2. The first-order chi connectivity index (χ1) is 14.2. The van der Waals surface area contributed by atoms with Gasteiger partial charge in [0.25, 0.3) is 0 Å². The maximum Gasteiger partial charge on any atom is 0.338 e.